The number of carbonyl (C=O) groups is 4. The van der Waals surface area contributed by atoms with Crippen LogP contribution in [-0.4, -0.2) is 70.3 Å². The third kappa shape index (κ3) is 6.41. The highest BCUT2D eigenvalue weighted by atomic mass is 32.2. The number of fused-ring (bicyclic) bond motifs is 2. The van der Waals surface area contributed by atoms with E-state index in [1.807, 2.05) is 30.5 Å². The molecule has 5 atom stereocenters. The number of nitrogens with one attached hydrogen (secondary N) is 1. The Labute approximate surface area is 257 Å². The molecule has 0 amide bonds. The number of hydrogen-bond donors (Lipinski definition) is 1. The first kappa shape index (κ1) is 31.0. The molecular weight excluding hydrogens is 590 g/mol. The number of aromatic amines is 1. The molecule has 230 valence electrons. The molecule has 13 heteroatoms. The van der Waals surface area contributed by atoms with Crippen molar-refractivity contribution in [1.29, 1.82) is 5.26 Å². The summed E-state index contributed by atoms with van der Waals surface area (Å²) < 4.78 is 28.1. The molecule has 3 aromatic rings. The molecule has 2 aliphatic rings. The maximum absolute atomic E-state index is 12.3. The highest BCUT2D eigenvalue weighted by Crippen LogP contribution is 2.44. The van der Waals surface area contributed by atoms with Crippen LogP contribution in [0.25, 0.3) is 22.0 Å². The minimum atomic E-state index is -1.32. The number of para-hydroxylation sites is 1. The number of carbonyl (C=O) groups excluding carboxylic acids is 4. The molecule has 0 spiro atoms. The molecule has 12 nitrogen and oxygen atoms in total. The number of benzene rings is 1. The molecule has 5 rings (SSSR count). The Morgan fingerprint density at radius 1 is 0.977 bits per heavy atom. The third-order valence-electron chi connectivity index (χ3n) is 7.34. The van der Waals surface area contributed by atoms with E-state index in [1.165, 1.54) is 13.8 Å². The van der Waals surface area contributed by atoms with E-state index >= 15 is 0 Å². The largest absolute Gasteiger partial charge is 0.463 e. The summed E-state index contributed by atoms with van der Waals surface area (Å²) in [4.78, 5) is 56.5. The van der Waals surface area contributed by atoms with Crippen LogP contribution in [0, 0.1) is 11.3 Å². The molecular formula is C31H31N3O9S. The van der Waals surface area contributed by atoms with E-state index < -0.39 is 53.7 Å². The van der Waals surface area contributed by atoms with Gasteiger partial charge < -0.3 is 28.7 Å². The normalized spacial score (nSPS) is 22.5. The van der Waals surface area contributed by atoms with Gasteiger partial charge in [-0.05, 0) is 30.9 Å². The topological polar surface area (TPSA) is 167 Å². The Morgan fingerprint density at radius 2 is 1.66 bits per heavy atom. The second kappa shape index (κ2) is 13.1. The summed E-state index contributed by atoms with van der Waals surface area (Å²) in [5.74, 6) is -2.76. The van der Waals surface area contributed by atoms with Gasteiger partial charge in [-0.1, -0.05) is 30.0 Å². The number of H-pyrrole nitrogens is 1. The van der Waals surface area contributed by atoms with Crippen molar-refractivity contribution in [1.82, 2.24) is 9.97 Å². The second-order valence-electron chi connectivity index (χ2n) is 10.5. The average molecular weight is 622 g/mol. The van der Waals surface area contributed by atoms with Crippen LogP contribution >= 0.6 is 11.8 Å². The first-order valence-electron chi connectivity index (χ1n) is 14.1. The van der Waals surface area contributed by atoms with Crippen molar-refractivity contribution in [3.05, 3.63) is 47.3 Å². The van der Waals surface area contributed by atoms with Crippen LogP contribution in [0.3, 0.4) is 0 Å². The number of hydrogen-bond acceptors (Lipinski definition) is 12. The third-order valence-corrected chi connectivity index (χ3v) is 8.47. The molecule has 0 unspecified atom stereocenters. The van der Waals surface area contributed by atoms with Crippen molar-refractivity contribution in [2.75, 3.05) is 6.61 Å². The van der Waals surface area contributed by atoms with Gasteiger partial charge in [0, 0.05) is 61.6 Å². The zero-order chi connectivity index (χ0) is 31.5. The van der Waals surface area contributed by atoms with E-state index in [-0.39, 0.29) is 6.61 Å². The summed E-state index contributed by atoms with van der Waals surface area (Å²) >= 11 is 1.02. The van der Waals surface area contributed by atoms with E-state index in [1.54, 1.807) is 0 Å². The monoisotopic (exact) mass is 621 g/mol. The average Bonchev–Trinajstić information content (AvgIpc) is 3.61. The molecule has 3 heterocycles. The number of esters is 4. The van der Waals surface area contributed by atoms with E-state index in [0.717, 1.165) is 71.7 Å². The first-order chi connectivity index (χ1) is 21.1. The number of ether oxygens (including phenoxy) is 5. The number of aromatic nitrogens is 2. The number of nitriles is 1. The SMILES string of the molecule is CC(=O)OC[C@H]1O[C@@H](Sc2nc3c(c(-c4c[nH]c5ccccc45)c2C#N)CCC3)[C@H](OC(C)=O)[C@@H](OC(C)=O)[C@@H]1OC(C)=O. The summed E-state index contributed by atoms with van der Waals surface area (Å²) in [5.41, 5.74) is 3.60. The van der Waals surface area contributed by atoms with Crippen LogP contribution in [0.2, 0.25) is 0 Å². The number of thioether (sulfide) groups is 1. The minimum Gasteiger partial charge on any atom is -0.463 e. The quantitative estimate of drug-likeness (QED) is 0.286. The van der Waals surface area contributed by atoms with Gasteiger partial charge in [-0.15, -0.1) is 0 Å². The highest BCUT2D eigenvalue weighted by Gasteiger charge is 2.53. The van der Waals surface area contributed by atoms with Crippen LogP contribution < -0.4 is 0 Å². The van der Waals surface area contributed by atoms with Crippen molar-refractivity contribution in [3.8, 4) is 17.2 Å². The Kier molecular flexibility index (Phi) is 9.22. The van der Waals surface area contributed by atoms with Gasteiger partial charge in [-0.3, -0.25) is 19.2 Å². The smallest absolute Gasteiger partial charge is 0.303 e. The summed E-state index contributed by atoms with van der Waals surface area (Å²) in [7, 11) is 0. The fourth-order valence-electron chi connectivity index (χ4n) is 5.71. The zero-order valence-electron chi connectivity index (χ0n) is 24.6. The molecule has 1 aliphatic heterocycles. The molecule has 2 aromatic heterocycles. The van der Waals surface area contributed by atoms with E-state index in [0.29, 0.717) is 17.0 Å². The van der Waals surface area contributed by atoms with Gasteiger partial charge in [-0.25, -0.2) is 4.98 Å². The maximum Gasteiger partial charge on any atom is 0.303 e. The van der Waals surface area contributed by atoms with E-state index in [2.05, 4.69) is 11.1 Å². The number of rotatable bonds is 8. The van der Waals surface area contributed by atoms with Crippen molar-refractivity contribution in [3.63, 3.8) is 0 Å². The summed E-state index contributed by atoms with van der Waals surface area (Å²) in [6, 6.07) is 10.1. The fraction of sp³-hybridized carbons (Fsp3) is 0.419. The van der Waals surface area contributed by atoms with Gasteiger partial charge in [0.15, 0.2) is 23.7 Å². The highest BCUT2D eigenvalue weighted by molar-refractivity contribution is 7.99. The second-order valence-corrected chi connectivity index (χ2v) is 11.6. The summed E-state index contributed by atoms with van der Waals surface area (Å²) in [6.45, 7) is 4.37. The molecule has 1 saturated heterocycles. The summed E-state index contributed by atoms with van der Waals surface area (Å²) in [6.07, 6.45) is -0.764. The molecule has 0 radical (unpaired) electrons. The molecule has 1 N–H and O–H groups in total. The standard InChI is InChI=1S/C31H31N3O9S/c1-15(35)39-14-25-27(40-16(2)36)28(41-17(3)37)29(42-18(4)38)31(43-25)44-30-21(12-32)26(20-9-7-11-24(20)34-30)22-13-33-23-10-6-5-8-19(22)23/h5-6,8,10,13,25,27-29,31,33H,7,9,11,14H2,1-4H3/t25-,27-,28+,29-,31+/m1/s1. The number of nitrogens with zero attached hydrogens (tertiary/aromatic N) is 2. The van der Waals surface area contributed by atoms with Gasteiger partial charge in [0.05, 0.1) is 5.56 Å². The lowest BCUT2D eigenvalue weighted by molar-refractivity contribution is -0.237. The predicted molar refractivity (Wildman–Crippen MR) is 156 cm³/mol. The lowest BCUT2D eigenvalue weighted by Gasteiger charge is -2.44. The van der Waals surface area contributed by atoms with Gasteiger partial charge in [-0.2, -0.15) is 5.26 Å². The van der Waals surface area contributed by atoms with Gasteiger partial charge in [0.25, 0.3) is 0 Å². The van der Waals surface area contributed by atoms with Gasteiger partial charge in [0.2, 0.25) is 0 Å². The first-order valence-corrected chi connectivity index (χ1v) is 14.9. The van der Waals surface area contributed by atoms with Crippen molar-refractivity contribution < 1.29 is 42.9 Å². The minimum absolute atomic E-state index is 0.313. The van der Waals surface area contributed by atoms with E-state index in [9.17, 15) is 24.4 Å². The number of pyridine rings is 1. The molecule has 0 saturated carbocycles. The molecule has 0 bridgehead atoms. The van der Waals surface area contributed by atoms with Crippen LogP contribution in [0.5, 0.6) is 0 Å². The Bertz CT molecular complexity index is 1660. The maximum atomic E-state index is 12.3. The molecule has 1 aromatic carbocycles. The molecule has 44 heavy (non-hydrogen) atoms. The lowest BCUT2D eigenvalue weighted by Crippen LogP contribution is -2.61. The Morgan fingerprint density at radius 3 is 2.34 bits per heavy atom. The number of aryl methyl sites for hydroxylation is 1. The van der Waals surface area contributed by atoms with Crippen LogP contribution in [0.4, 0.5) is 0 Å². The lowest BCUT2D eigenvalue weighted by atomic mass is 9.95. The zero-order valence-corrected chi connectivity index (χ0v) is 25.4. The Hall–Kier alpha value is -4.41. The van der Waals surface area contributed by atoms with Crippen molar-refractivity contribution >= 4 is 46.5 Å². The van der Waals surface area contributed by atoms with Crippen LogP contribution in [0.1, 0.15) is 50.9 Å². The van der Waals surface area contributed by atoms with Crippen LogP contribution in [-0.2, 0) is 55.7 Å². The summed E-state index contributed by atoms with van der Waals surface area (Å²) in [5, 5.41) is 11.8. The van der Waals surface area contributed by atoms with Crippen LogP contribution in [0.15, 0.2) is 35.5 Å². The predicted octanol–water partition coefficient (Wildman–Crippen LogP) is 3.77. The van der Waals surface area contributed by atoms with Crippen molar-refractivity contribution in [2.24, 2.45) is 0 Å². The van der Waals surface area contributed by atoms with Crippen molar-refractivity contribution in [2.45, 2.75) is 81.8 Å². The Balaban J connectivity index is 1.62. The van der Waals surface area contributed by atoms with Gasteiger partial charge >= 0.3 is 23.9 Å². The van der Waals surface area contributed by atoms with E-state index in [4.69, 9.17) is 28.7 Å². The fourth-order valence-corrected chi connectivity index (χ4v) is 6.91. The molecule has 1 fully saturated rings. The van der Waals surface area contributed by atoms with Gasteiger partial charge in [0.1, 0.15) is 23.8 Å². The molecule has 1 aliphatic carbocycles.